The Morgan fingerprint density at radius 3 is 2.45 bits per heavy atom. The third-order valence-corrected chi connectivity index (χ3v) is 11.9. The number of hydrogen-bond acceptors (Lipinski definition) is 0. The Hall–Kier alpha value is -0.260. The second-order valence-corrected chi connectivity index (χ2v) is 14.2. The van der Waals surface area contributed by atoms with Gasteiger partial charge in [-0.1, -0.05) is 105 Å². The quantitative estimate of drug-likeness (QED) is 0.227. The molecule has 0 aromatic rings. The first-order chi connectivity index (χ1) is 15.8. The predicted octanol–water partition coefficient (Wildman–Crippen LogP) is 10.6. The van der Waals surface area contributed by atoms with E-state index in [9.17, 15) is 0 Å². The van der Waals surface area contributed by atoms with Gasteiger partial charge in [-0.15, -0.1) is 0 Å². The first kappa shape index (κ1) is 25.8. The highest BCUT2D eigenvalue weighted by atomic mass is 14.6. The molecule has 0 aromatic carbocycles. The van der Waals surface area contributed by atoms with Crippen LogP contribution in [0.2, 0.25) is 0 Å². The molecule has 0 N–H and O–H groups in total. The summed E-state index contributed by atoms with van der Waals surface area (Å²) in [5.74, 6) is 6.79. The average Bonchev–Trinajstić information content (AvgIpc) is 3.14. The Morgan fingerprint density at radius 1 is 0.879 bits per heavy atom. The van der Waals surface area contributed by atoms with Crippen LogP contribution in [0.4, 0.5) is 0 Å². The van der Waals surface area contributed by atoms with E-state index in [0.717, 1.165) is 41.4 Å². The van der Waals surface area contributed by atoms with Gasteiger partial charge in [0.2, 0.25) is 0 Å². The van der Waals surface area contributed by atoms with E-state index in [1.807, 2.05) is 5.57 Å². The Kier molecular flexibility index (Phi) is 8.44. The van der Waals surface area contributed by atoms with E-state index in [1.165, 1.54) is 103 Å². The van der Waals surface area contributed by atoms with Gasteiger partial charge in [0.1, 0.15) is 0 Å². The molecule has 0 aromatic heterocycles. The first-order valence-corrected chi connectivity index (χ1v) is 15.5. The van der Waals surface area contributed by atoms with Gasteiger partial charge in [0, 0.05) is 0 Å². The van der Waals surface area contributed by atoms with Gasteiger partial charge < -0.3 is 0 Å². The van der Waals surface area contributed by atoms with Gasteiger partial charge in [0.25, 0.3) is 0 Å². The van der Waals surface area contributed by atoms with E-state index in [2.05, 4.69) is 47.6 Å². The molecule has 190 valence electrons. The van der Waals surface area contributed by atoms with Gasteiger partial charge in [-0.2, -0.15) is 0 Å². The van der Waals surface area contributed by atoms with Crippen LogP contribution in [0.3, 0.4) is 0 Å². The van der Waals surface area contributed by atoms with Crippen molar-refractivity contribution < 1.29 is 0 Å². The minimum Gasteiger partial charge on any atom is -0.0845 e. The van der Waals surface area contributed by atoms with E-state index in [1.54, 1.807) is 0 Å². The highest BCUT2D eigenvalue weighted by Gasteiger charge is 2.59. The van der Waals surface area contributed by atoms with Gasteiger partial charge in [-0.05, 0) is 104 Å². The van der Waals surface area contributed by atoms with Gasteiger partial charge in [0.15, 0.2) is 0 Å². The lowest BCUT2D eigenvalue weighted by Gasteiger charge is -2.58. The standard InChI is InChI=1S/C33H58/c1-7-8-9-10-14-26-19-21-32(5)27(23-26)15-16-28-30-18-17-29(25(4)13-11-12-24(2)3)33(30,6)22-20-31(28)32/h15,24-26,28-31H,7-14,16-23H2,1-6H3/t25-,26+,28-,29?,30+,31?,32?,33?/m1/s1. The van der Waals surface area contributed by atoms with Gasteiger partial charge >= 0.3 is 0 Å². The molecule has 0 bridgehead atoms. The van der Waals surface area contributed by atoms with Crippen LogP contribution in [0, 0.1) is 52.3 Å². The molecule has 3 saturated carbocycles. The van der Waals surface area contributed by atoms with Gasteiger partial charge in [0.05, 0.1) is 0 Å². The van der Waals surface area contributed by atoms with E-state index < -0.39 is 0 Å². The number of unbranched alkanes of at least 4 members (excludes halogenated alkanes) is 3. The Morgan fingerprint density at radius 2 is 1.70 bits per heavy atom. The fourth-order valence-electron chi connectivity index (χ4n) is 9.87. The van der Waals surface area contributed by atoms with Crippen LogP contribution in [-0.4, -0.2) is 0 Å². The van der Waals surface area contributed by atoms with E-state index in [0.29, 0.717) is 10.8 Å². The highest BCUT2D eigenvalue weighted by Crippen LogP contribution is 2.67. The highest BCUT2D eigenvalue weighted by molar-refractivity contribution is 5.25. The van der Waals surface area contributed by atoms with Gasteiger partial charge in [-0.25, -0.2) is 0 Å². The minimum atomic E-state index is 0.547. The first-order valence-electron chi connectivity index (χ1n) is 15.5. The smallest absolute Gasteiger partial charge is 0.00851 e. The molecule has 0 spiro atoms. The Labute approximate surface area is 208 Å². The second kappa shape index (κ2) is 10.8. The van der Waals surface area contributed by atoms with Crippen molar-refractivity contribution in [3.63, 3.8) is 0 Å². The van der Waals surface area contributed by atoms with Crippen molar-refractivity contribution in [3.05, 3.63) is 11.6 Å². The maximum atomic E-state index is 2.81. The van der Waals surface area contributed by atoms with Crippen LogP contribution in [0.15, 0.2) is 11.6 Å². The summed E-state index contributed by atoms with van der Waals surface area (Å²) in [5.41, 5.74) is 3.09. The minimum absolute atomic E-state index is 0.547. The second-order valence-electron chi connectivity index (χ2n) is 14.2. The zero-order valence-electron chi connectivity index (χ0n) is 23.4. The maximum Gasteiger partial charge on any atom is -0.00851 e. The van der Waals surface area contributed by atoms with Crippen molar-refractivity contribution in [1.29, 1.82) is 0 Å². The van der Waals surface area contributed by atoms with Crippen LogP contribution in [-0.2, 0) is 0 Å². The van der Waals surface area contributed by atoms with Crippen molar-refractivity contribution in [2.24, 2.45) is 52.3 Å². The molecule has 0 saturated heterocycles. The van der Waals surface area contributed by atoms with Crippen LogP contribution in [0.25, 0.3) is 0 Å². The van der Waals surface area contributed by atoms with E-state index in [4.69, 9.17) is 0 Å². The molecule has 8 atom stereocenters. The summed E-state index contributed by atoms with van der Waals surface area (Å²) in [6.45, 7) is 15.2. The molecule has 0 radical (unpaired) electrons. The monoisotopic (exact) mass is 454 g/mol. The number of fused-ring (bicyclic) bond motifs is 5. The van der Waals surface area contributed by atoms with E-state index in [-0.39, 0.29) is 0 Å². The molecule has 0 amide bonds. The van der Waals surface area contributed by atoms with Crippen molar-refractivity contribution >= 4 is 0 Å². The summed E-state index contributed by atoms with van der Waals surface area (Å²) in [6.07, 6.45) is 26.4. The molecule has 4 rings (SSSR count). The Balaban J connectivity index is 1.40. The summed E-state index contributed by atoms with van der Waals surface area (Å²) in [4.78, 5) is 0. The van der Waals surface area contributed by atoms with Crippen LogP contribution >= 0.6 is 0 Å². The summed E-state index contributed by atoms with van der Waals surface area (Å²) in [5, 5.41) is 0. The number of hydrogen-bond donors (Lipinski definition) is 0. The van der Waals surface area contributed by atoms with Crippen molar-refractivity contribution in [2.75, 3.05) is 0 Å². The summed E-state index contributed by atoms with van der Waals surface area (Å²) in [7, 11) is 0. The fourth-order valence-corrected chi connectivity index (χ4v) is 9.87. The molecule has 33 heavy (non-hydrogen) atoms. The average molecular weight is 455 g/mol. The summed E-state index contributed by atoms with van der Waals surface area (Å²) in [6, 6.07) is 0. The zero-order valence-corrected chi connectivity index (χ0v) is 23.4. The molecule has 0 heteroatoms. The van der Waals surface area contributed by atoms with Gasteiger partial charge in [-0.3, -0.25) is 0 Å². The molecule has 4 aliphatic carbocycles. The third kappa shape index (κ3) is 5.16. The van der Waals surface area contributed by atoms with Crippen LogP contribution in [0.5, 0.6) is 0 Å². The Bertz CT molecular complexity index is 657. The maximum absolute atomic E-state index is 2.81. The lowest BCUT2D eigenvalue weighted by Crippen LogP contribution is -2.50. The topological polar surface area (TPSA) is 0 Å². The molecule has 4 aliphatic rings. The fraction of sp³-hybridized carbons (Fsp3) is 0.939. The molecular formula is C33H58. The summed E-state index contributed by atoms with van der Waals surface area (Å²) < 4.78 is 0. The molecule has 3 fully saturated rings. The zero-order chi connectivity index (χ0) is 23.6. The molecule has 0 aliphatic heterocycles. The molecule has 0 heterocycles. The molecule has 4 unspecified atom stereocenters. The number of rotatable bonds is 10. The third-order valence-electron chi connectivity index (χ3n) is 11.9. The predicted molar refractivity (Wildman–Crippen MR) is 145 cm³/mol. The normalized spacial score (nSPS) is 41.3. The molecule has 0 nitrogen and oxygen atoms in total. The SMILES string of the molecule is CCCCCC[C@H]1CCC2(C)C(=CC[C@H]3C2CCC2(C)C([C@H](C)CCCC(C)C)CC[C@@H]32)C1. The van der Waals surface area contributed by atoms with Crippen molar-refractivity contribution in [1.82, 2.24) is 0 Å². The number of allylic oxidation sites excluding steroid dienone is 2. The summed E-state index contributed by atoms with van der Waals surface area (Å²) >= 11 is 0. The van der Waals surface area contributed by atoms with Crippen molar-refractivity contribution in [3.8, 4) is 0 Å². The lowest BCUT2D eigenvalue weighted by molar-refractivity contribution is -0.0529. The van der Waals surface area contributed by atoms with Crippen LogP contribution < -0.4 is 0 Å². The van der Waals surface area contributed by atoms with Crippen molar-refractivity contribution in [2.45, 2.75) is 144 Å². The van der Waals surface area contributed by atoms with E-state index >= 15 is 0 Å². The molecular weight excluding hydrogens is 396 g/mol. The lowest BCUT2D eigenvalue weighted by atomic mass is 9.46. The van der Waals surface area contributed by atoms with Crippen LogP contribution in [0.1, 0.15) is 144 Å². The largest absolute Gasteiger partial charge is 0.0845 e.